The molecule has 0 aliphatic rings. The predicted octanol–water partition coefficient (Wildman–Crippen LogP) is 3.53. The van der Waals surface area contributed by atoms with E-state index in [0.29, 0.717) is 30.2 Å². The summed E-state index contributed by atoms with van der Waals surface area (Å²) >= 11 is 0. The lowest BCUT2D eigenvalue weighted by molar-refractivity contribution is -0.138. The summed E-state index contributed by atoms with van der Waals surface area (Å²) in [5.74, 6) is 2.59. The van der Waals surface area contributed by atoms with Crippen molar-refractivity contribution in [1.82, 2.24) is 4.90 Å². The Kier molecular flexibility index (Phi) is 7.34. The van der Waals surface area contributed by atoms with E-state index in [1.165, 1.54) is 0 Å². The third-order valence-corrected chi connectivity index (χ3v) is 4.23. The summed E-state index contributed by atoms with van der Waals surface area (Å²) in [6.45, 7) is 2.37. The fraction of sp³-hybridized carbons (Fsp3) is 0.381. The molecule has 0 heterocycles. The van der Waals surface area contributed by atoms with Gasteiger partial charge in [0.1, 0.15) is 11.5 Å². The number of nitrogens with zero attached hydrogens (tertiary/aromatic N) is 1. The summed E-state index contributed by atoms with van der Waals surface area (Å²) in [4.78, 5) is 14.5. The second kappa shape index (κ2) is 9.71. The summed E-state index contributed by atoms with van der Waals surface area (Å²) < 4.78 is 21.6. The second-order valence-corrected chi connectivity index (χ2v) is 6.07. The maximum Gasteiger partial charge on any atom is 0.263 e. The van der Waals surface area contributed by atoms with E-state index in [2.05, 4.69) is 0 Å². The molecular weight excluding hydrogens is 346 g/mol. The maximum atomic E-state index is 12.8. The molecule has 1 amide bonds. The number of hydrogen-bond donors (Lipinski definition) is 0. The molecule has 0 N–H and O–H groups in total. The van der Waals surface area contributed by atoms with Gasteiger partial charge in [0.15, 0.2) is 17.6 Å². The molecule has 0 radical (unpaired) electrons. The smallest absolute Gasteiger partial charge is 0.263 e. The van der Waals surface area contributed by atoms with E-state index in [0.717, 1.165) is 11.3 Å². The van der Waals surface area contributed by atoms with Gasteiger partial charge in [0.25, 0.3) is 5.91 Å². The van der Waals surface area contributed by atoms with Crippen LogP contribution in [-0.4, -0.2) is 45.3 Å². The minimum Gasteiger partial charge on any atom is -0.497 e. The first-order valence-corrected chi connectivity index (χ1v) is 8.79. The Labute approximate surface area is 160 Å². The highest BCUT2D eigenvalue weighted by molar-refractivity contribution is 5.81. The number of rotatable bonds is 9. The Morgan fingerprint density at radius 2 is 1.56 bits per heavy atom. The molecule has 0 unspecified atom stereocenters. The van der Waals surface area contributed by atoms with Crippen LogP contribution in [0.5, 0.6) is 23.0 Å². The third-order valence-electron chi connectivity index (χ3n) is 4.23. The van der Waals surface area contributed by atoms with Crippen molar-refractivity contribution < 1.29 is 23.7 Å². The molecule has 6 nitrogen and oxygen atoms in total. The molecule has 0 fully saturated rings. The van der Waals surface area contributed by atoms with Crippen LogP contribution < -0.4 is 18.9 Å². The second-order valence-electron chi connectivity index (χ2n) is 6.07. The van der Waals surface area contributed by atoms with Gasteiger partial charge in [0.05, 0.1) is 21.3 Å². The number of carbonyl (C=O) groups excluding carboxylic acids is 1. The van der Waals surface area contributed by atoms with Crippen LogP contribution in [0, 0.1) is 0 Å². The Morgan fingerprint density at radius 1 is 0.926 bits per heavy atom. The van der Waals surface area contributed by atoms with Crippen molar-refractivity contribution in [2.24, 2.45) is 0 Å². The predicted molar refractivity (Wildman–Crippen MR) is 104 cm³/mol. The zero-order valence-corrected chi connectivity index (χ0v) is 16.5. The maximum absolute atomic E-state index is 12.8. The highest BCUT2D eigenvalue weighted by Gasteiger charge is 2.22. The van der Waals surface area contributed by atoms with E-state index in [1.54, 1.807) is 57.5 Å². The Bertz CT molecular complexity index is 745. The average molecular weight is 373 g/mol. The fourth-order valence-electron chi connectivity index (χ4n) is 2.70. The van der Waals surface area contributed by atoms with E-state index in [4.69, 9.17) is 18.9 Å². The normalized spacial score (nSPS) is 11.4. The first-order chi connectivity index (χ1) is 13.0. The fourth-order valence-corrected chi connectivity index (χ4v) is 2.70. The molecular formula is C21H27NO5. The molecule has 0 aliphatic carbocycles. The molecule has 2 aromatic rings. The number of carbonyl (C=O) groups is 1. The topological polar surface area (TPSA) is 57.2 Å². The van der Waals surface area contributed by atoms with E-state index in [1.807, 2.05) is 25.1 Å². The van der Waals surface area contributed by atoms with Crippen LogP contribution >= 0.6 is 0 Å². The Balaban J connectivity index is 2.05. The standard InChI is InChI=1S/C21H27NO5/c1-6-18(27-17-10-8-16(24-3)9-11-17)21(23)22(2)14-15-7-12-19(25-4)20(13-15)26-5/h7-13,18H,6,14H2,1-5H3/t18-/m0/s1. The zero-order valence-electron chi connectivity index (χ0n) is 16.5. The minimum atomic E-state index is -0.552. The number of benzene rings is 2. The van der Waals surface area contributed by atoms with E-state index in [9.17, 15) is 4.79 Å². The molecule has 0 saturated heterocycles. The van der Waals surface area contributed by atoms with Crippen molar-refractivity contribution in [2.75, 3.05) is 28.4 Å². The quantitative estimate of drug-likeness (QED) is 0.673. The van der Waals surface area contributed by atoms with Crippen molar-refractivity contribution in [3.63, 3.8) is 0 Å². The number of methoxy groups -OCH3 is 3. The molecule has 1 atom stereocenters. The monoisotopic (exact) mass is 373 g/mol. The van der Waals surface area contributed by atoms with Gasteiger partial charge in [-0.3, -0.25) is 4.79 Å². The Hall–Kier alpha value is -2.89. The van der Waals surface area contributed by atoms with Crippen LogP contribution in [0.1, 0.15) is 18.9 Å². The largest absolute Gasteiger partial charge is 0.497 e. The van der Waals surface area contributed by atoms with E-state index < -0.39 is 6.10 Å². The zero-order chi connectivity index (χ0) is 19.8. The molecule has 6 heteroatoms. The molecule has 0 aliphatic heterocycles. The third kappa shape index (κ3) is 5.29. The van der Waals surface area contributed by atoms with Crippen LogP contribution in [0.4, 0.5) is 0 Å². The van der Waals surface area contributed by atoms with Crippen molar-refractivity contribution >= 4 is 5.91 Å². The van der Waals surface area contributed by atoms with Gasteiger partial charge in [0, 0.05) is 13.6 Å². The lowest BCUT2D eigenvalue weighted by atomic mass is 10.1. The molecule has 146 valence electrons. The first-order valence-electron chi connectivity index (χ1n) is 8.79. The van der Waals surface area contributed by atoms with Crippen LogP contribution in [0.25, 0.3) is 0 Å². The lowest BCUT2D eigenvalue weighted by Crippen LogP contribution is -2.39. The highest BCUT2D eigenvalue weighted by Crippen LogP contribution is 2.28. The summed E-state index contributed by atoms with van der Waals surface area (Å²) in [5.41, 5.74) is 0.947. The first kappa shape index (κ1) is 20.4. The van der Waals surface area contributed by atoms with Gasteiger partial charge >= 0.3 is 0 Å². The van der Waals surface area contributed by atoms with Crippen molar-refractivity contribution in [3.8, 4) is 23.0 Å². The van der Waals surface area contributed by atoms with Crippen molar-refractivity contribution in [2.45, 2.75) is 26.0 Å². The number of ether oxygens (including phenoxy) is 4. The summed E-state index contributed by atoms with van der Waals surface area (Å²) in [6, 6.07) is 12.8. The van der Waals surface area contributed by atoms with E-state index >= 15 is 0 Å². The molecule has 0 saturated carbocycles. The van der Waals surface area contributed by atoms with E-state index in [-0.39, 0.29) is 5.91 Å². The van der Waals surface area contributed by atoms with Gasteiger partial charge in [-0.15, -0.1) is 0 Å². The SMILES string of the molecule is CC[C@H](Oc1ccc(OC)cc1)C(=O)N(C)Cc1ccc(OC)c(OC)c1. The summed E-state index contributed by atoms with van der Waals surface area (Å²) in [5, 5.41) is 0. The van der Waals surface area contributed by atoms with Gasteiger partial charge in [0.2, 0.25) is 0 Å². The molecule has 2 rings (SSSR count). The average Bonchev–Trinajstić information content (AvgIpc) is 2.71. The molecule has 0 spiro atoms. The summed E-state index contributed by atoms with van der Waals surface area (Å²) in [6.07, 6.45) is 0.0183. The van der Waals surface area contributed by atoms with Gasteiger partial charge in [-0.2, -0.15) is 0 Å². The summed E-state index contributed by atoms with van der Waals surface area (Å²) in [7, 11) is 6.55. The molecule has 0 aromatic heterocycles. The molecule has 27 heavy (non-hydrogen) atoms. The molecule has 0 bridgehead atoms. The van der Waals surface area contributed by atoms with Crippen LogP contribution in [-0.2, 0) is 11.3 Å². The highest BCUT2D eigenvalue weighted by atomic mass is 16.5. The van der Waals surface area contributed by atoms with Crippen molar-refractivity contribution in [1.29, 1.82) is 0 Å². The van der Waals surface area contributed by atoms with Crippen molar-refractivity contribution in [3.05, 3.63) is 48.0 Å². The lowest BCUT2D eigenvalue weighted by Gasteiger charge is -2.24. The molecule has 2 aromatic carbocycles. The Morgan fingerprint density at radius 3 is 2.11 bits per heavy atom. The van der Waals surface area contributed by atoms with Crippen LogP contribution in [0.3, 0.4) is 0 Å². The van der Waals surface area contributed by atoms with Gasteiger partial charge in [-0.25, -0.2) is 0 Å². The van der Waals surface area contributed by atoms with Crippen LogP contribution in [0.2, 0.25) is 0 Å². The number of hydrogen-bond acceptors (Lipinski definition) is 5. The van der Waals surface area contributed by atoms with Gasteiger partial charge < -0.3 is 23.8 Å². The van der Waals surface area contributed by atoms with Gasteiger partial charge in [-0.1, -0.05) is 13.0 Å². The van der Waals surface area contributed by atoms with Crippen LogP contribution in [0.15, 0.2) is 42.5 Å². The minimum absolute atomic E-state index is 0.0805. The van der Waals surface area contributed by atoms with Gasteiger partial charge in [-0.05, 0) is 48.4 Å². The number of likely N-dealkylation sites (N-methyl/N-ethyl adjacent to an activating group) is 1. The number of amides is 1.